The van der Waals surface area contributed by atoms with Crippen LogP contribution in [0.4, 0.5) is 0 Å². The van der Waals surface area contributed by atoms with E-state index in [0.29, 0.717) is 24.7 Å². The van der Waals surface area contributed by atoms with Crippen LogP contribution in [-0.4, -0.2) is 20.8 Å². The predicted octanol–water partition coefficient (Wildman–Crippen LogP) is 0.962. The van der Waals surface area contributed by atoms with Crippen molar-refractivity contribution >= 4 is 5.78 Å². The van der Waals surface area contributed by atoms with Crippen LogP contribution in [-0.2, 0) is 4.79 Å². The minimum Gasteiger partial charge on any atom is -0.300 e. The molecular formula is C8H11N3O. The highest BCUT2D eigenvalue weighted by Crippen LogP contribution is 2.24. The molecule has 0 aliphatic heterocycles. The number of hydrogen-bond donors (Lipinski definition) is 0. The molecule has 2 rings (SSSR count). The molecule has 0 radical (unpaired) electrons. The molecule has 1 aliphatic rings. The van der Waals surface area contributed by atoms with Crippen LogP contribution >= 0.6 is 0 Å². The molecule has 1 aliphatic carbocycles. The van der Waals surface area contributed by atoms with Crippen LogP contribution in [0.5, 0.6) is 0 Å². The van der Waals surface area contributed by atoms with Gasteiger partial charge in [-0.15, -0.1) is 5.10 Å². The van der Waals surface area contributed by atoms with Gasteiger partial charge in [-0.1, -0.05) is 5.21 Å². The summed E-state index contributed by atoms with van der Waals surface area (Å²) in [6.45, 7) is 0. The number of carbonyl (C=O) groups is 1. The first-order chi connectivity index (χ1) is 5.86. The number of ketones is 1. The molecular weight excluding hydrogens is 154 g/mol. The lowest BCUT2D eigenvalue weighted by atomic mass is 9.95. The molecule has 1 aromatic heterocycles. The zero-order valence-electron chi connectivity index (χ0n) is 6.81. The number of rotatable bonds is 1. The van der Waals surface area contributed by atoms with Crippen LogP contribution in [0.3, 0.4) is 0 Å². The Labute approximate surface area is 70.6 Å². The number of hydrogen-bond acceptors (Lipinski definition) is 3. The Morgan fingerprint density at radius 3 is 2.75 bits per heavy atom. The summed E-state index contributed by atoms with van der Waals surface area (Å²) in [7, 11) is 0. The van der Waals surface area contributed by atoms with Crippen molar-refractivity contribution in [2.75, 3.05) is 0 Å². The van der Waals surface area contributed by atoms with Gasteiger partial charge in [0.2, 0.25) is 0 Å². The molecule has 4 nitrogen and oxygen atoms in total. The van der Waals surface area contributed by atoms with Crippen LogP contribution in [0, 0.1) is 0 Å². The highest BCUT2D eigenvalue weighted by atomic mass is 16.1. The molecule has 0 aromatic carbocycles. The Balaban J connectivity index is 2.03. The van der Waals surface area contributed by atoms with E-state index in [-0.39, 0.29) is 0 Å². The van der Waals surface area contributed by atoms with E-state index in [2.05, 4.69) is 10.3 Å². The van der Waals surface area contributed by atoms with Crippen LogP contribution in [0.2, 0.25) is 0 Å². The molecule has 1 fully saturated rings. The Bertz CT molecular complexity index is 258. The van der Waals surface area contributed by atoms with E-state index in [4.69, 9.17) is 0 Å². The van der Waals surface area contributed by atoms with Crippen LogP contribution in [0.1, 0.15) is 31.7 Å². The van der Waals surface area contributed by atoms with Gasteiger partial charge >= 0.3 is 0 Å². The van der Waals surface area contributed by atoms with Gasteiger partial charge in [-0.2, -0.15) is 0 Å². The molecule has 0 N–H and O–H groups in total. The third kappa shape index (κ3) is 1.37. The summed E-state index contributed by atoms with van der Waals surface area (Å²) < 4.78 is 1.85. The fourth-order valence-corrected chi connectivity index (χ4v) is 1.60. The first-order valence-corrected chi connectivity index (χ1v) is 4.24. The van der Waals surface area contributed by atoms with Crippen LogP contribution < -0.4 is 0 Å². The molecule has 0 saturated heterocycles. The summed E-state index contributed by atoms with van der Waals surface area (Å²) >= 11 is 0. The molecule has 1 heterocycles. The van der Waals surface area contributed by atoms with Crippen LogP contribution in [0.25, 0.3) is 0 Å². The van der Waals surface area contributed by atoms with Gasteiger partial charge in [0.1, 0.15) is 5.78 Å². The second-order valence-corrected chi connectivity index (χ2v) is 3.15. The molecule has 0 unspecified atom stereocenters. The molecule has 12 heavy (non-hydrogen) atoms. The van der Waals surface area contributed by atoms with Crippen molar-refractivity contribution in [2.24, 2.45) is 0 Å². The third-order valence-electron chi connectivity index (χ3n) is 2.33. The summed E-state index contributed by atoms with van der Waals surface area (Å²) in [5.41, 5.74) is 0. The van der Waals surface area contributed by atoms with Gasteiger partial charge in [-0.3, -0.25) is 4.79 Å². The minimum atomic E-state index is 0.381. The standard InChI is InChI=1S/C8H11N3O/c12-8-3-1-7(2-4-8)11-6-5-9-10-11/h5-7H,1-4H2. The molecule has 0 bridgehead atoms. The van der Waals surface area contributed by atoms with Crippen LogP contribution in [0.15, 0.2) is 12.4 Å². The lowest BCUT2D eigenvalue weighted by molar-refractivity contribution is -0.120. The van der Waals surface area contributed by atoms with Crippen molar-refractivity contribution in [3.05, 3.63) is 12.4 Å². The number of Topliss-reactive ketones (excluding diaryl/α,β-unsaturated/α-hetero) is 1. The van der Waals surface area contributed by atoms with E-state index in [0.717, 1.165) is 12.8 Å². The number of aromatic nitrogens is 3. The quantitative estimate of drug-likeness (QED) is 0.622. The fourth-order valence-electron chi connectivity index (χ4n) is 1.60. The zero-order valence-corrected chi connectivity index (χ0v) is 6.81. The minimum absolute atomic E-state index is 0.381. The summed E-state index contributed by atoms with van der Waals surface area (Å²) in [5.74, 6) is 0.381. The normalized spacial score (nSPS) is 19.8. The highest BCUT2D eigenvalue weighted by molar-refractivity contribution is 5.79. The maximum atomic E-state index is 10.9. The van der Waals surface area contributed by atoms with Crippen molar-refractivity contribution in [1.82, 2.24) is 15.0 Å². The van der Waals surface area contributed by atoms with E-state index in [9.17, 15) is 4.79 Å². The molecule has 0 amide bonds. The molecule has 0 atom stereocenters. The van der Waals surface area contributed by atoms with Gasteiger partial charge in [0.25, 0.3) is 0 Å². The Morgan fingerprint density at radius 2 is 2.17 bits per heavy atom. The van der Waals surface area contributed by atoms with E-state index in [1.807, 2.05) is 10.9 Å². The SMILES string of the molecule is O=C1CCC(n2ccnn2)CC1. The molecule has 64 valence electrons. The second-order valence-electron chi connectivity index (χ2n) is 3.15. The van der Waals surface area contributed by atoms with E-state index >= 15 is 0 Å². The molecule has 0 spiro atoms. The first kappa shape index (κ1) is 7.46. The monoisotopic (exact) mass is 165 g/mol. The number of carbonyl (C=O) groups excluding carboxylic acids is 1. The van der Waals surface area contributed by atoms with Gasteiger partial charge in [0.05, 0.1) is 12.2 Å². The smallest absolute Gasteiger partial charge is 0.133 e. The summed E-state index contributed by atoms with van der Waals surface area (Å²) in [5, 5.41) is 7.66. The maximum absolute atomic E-state index is 10.9. The van der Waals surface area contributed by atoms with Crippen molar-refractivity contribution in [2.45, 2.75) is 31.7 Å². The van der Waals surface area contributed by atoms with Gasteiger partial charge in [0.15, 0.2) is 0 Å². The van der Waals surface area contributed by atoms with Crippen molar-refractivity contribution in [3.8, 4) is 0 Å². The van der Waals surface area contributed by atoms with Crippen molar-refractivity contribution in [1.29, 1.82) is 0 Å². The van der Waals surface area contributed by atoms with Gasteiger partial charge < -0.3 is 0 Å². The topological polar surface area (TPSA) is 47.8 Å². The Hall–Kier alpha value is -1.19. The maximum Gasteiger partial charge on any atom is 0.133 e. The van der Waals surface area contributed by atoms with Gasteiger partial charge in [0, 0.05) is 19.0 Å². The van der Waals surface area contributed by atoms with Crippen molar-refractivity contribution < 1.29 is 4.79 Å². The largest absolute Gasteiger partial charge is 0.300 e. The molecule has 1 aromatic rings. The highest BCUT2D eigenvalue weighted by Gasteiger charge is 2.19. The molecule has 1 saturated carbocycles. The van der Waals surface area contributed by atoms with Gasteiger partial charge in [-0.25, -0.2) is 4.68 Å². The van der Waals surface area contributed by atoms with Crippen molar-refractivity contribution in [3.63, 3.8) is 0 Å². The number of nitrogens with zero attached hydrogens (tertiary/aromatic N) is 3. The lowest BCUT2D eigenvalue weighted by Gasteiger charge is -2.20. The Morgan fingerprint density at radius 1 is 1.42 bits per heavy atom. The third-order valence-corrected chi connectivity index (χ3v) is 2.33. The predicted molar refractivity (Wildman–Crippen MR) is 42.5 cm³/mol. The van der Waals surface area contributed by atoms with Gasteiger partial charge in [-0.05, 0) is 12.8 Å². The lowest BCUT2D eigenvalue weighted by Crippen LogP contribution is -2.18. The summed E-state index contributed by atoms with van der Waals surface area (Å²) in [6.07, 6.45) is 6.77. The fraction of sp³-hybridized carbons (Fsp3) is 0.625. The Kier molecular flexibility index (Phi) is 1.89. The first-order valence-electron chi connectivity index (χ1n) is 4.24. The van der Waals surface area contributed by atoms with E-state index in [1.54, 1.807) is 6.20 Å². The van der Waals surface area contributed by atoms with E-state index < -0.39 is 0 Å². The average Bonchev–Trinajstić information content (AvgIpc) is 2.58. The zero-order chi connectivity index (χ0) is 8.39. The second kappa shape index (κ2) is 3.05. The average molecular weight is 165 g/mol. The summed E-state index contributed by atoms with van der Waals surface area (Å²) in [4.78, 5) is 10.9. The molecule has 4 heteroatoms. The summed E-state index contributed by atoms with van der Waals surface area (Å²) in [6, 6.07) is 0.394. The van der Waals surface area contributed by atoms with E-state index in [1.165, 1.54) is 0 Å².